The highest BCUT2D eigenvalue weighted by Gasteiger charge is 2.15. The molecule has 0 heterocycles. The number of ether oxygens (including phenoxy) is 1. The lowest BCUT2D eigenvalue weighted by Crippen LogP contribution is -2.33. The van der Waals surface area contributed by atoms with Crippen molar-refractivity contribution in [3.63, 3.8) is 0 Å². The largest absolute Gasteiger partial charge is 0.444 e. The van der Waals surface area contributed by atoms with E-state index in [1.54, 1.807) is 20.8 Å². The van der Waals surface area contributed by atoms with Gasteiger partial charge in [0.1, 0.15) is 5.60 Å². The SMILES string of the molecule is CC(C)(C)OC(=O)NCCCC(=O)NCCCCCN=[N+]=[N-]. The number of nitrogens with zero attached hydrogens (tertiary/aromatic N) is 3. The zero-order chi connectivity index (χ0) is 16.8. The molecule has 0 aromatic heterocycles. The number of amides is 2. The van der Waals surface area contributed by atoms with E-state index in [2.05, 4.69) is 20.7 Å². The lowest BCUT2D eigenvalue weighted by molar-refractivity contribution is -0.121. The minimum Gasteiger partial charge on any atom is -0.444 e. The molecule has 0 spiro atoms. The molecule has 0 saturated carbocycles. The zero-order valence-corrected chi connectivity index (χ0v) is 13.7. The summed E-state index contributed by atoms with van der Waals surface area (Å²) in [6.45, 7) is 6.93. The highest BCUT2D eigenvalue weighted by molar-refractivity contribution is 5.75. The predicted molar refractivity (Wildman–Crippen MR) is 84.3 cm³/mol. The average molecular weight is 313 g/mol. The fraction of sp³-hybridized carbons (Fsp3) is 0.857. The summed E-state index contributed by atoms with van der Waals surface area (Å²) in [7, 11) is 0. The monoisotopic (exact) mass is 313 g/mol. The summed E-state index contributed by atoms with van der Waals surface area (Å²) in [5.41, 5.74) is 7.59. The average Bonchev–Trinajstić information content (AvgIpc) is 2.41. The molecular weight excluding hydrogens is 286 g/mol. The van der Waals surface area contributed by atoms with E-state index < -0.39 is 11.7 Å². The van der Waals surface area contributed by atoms with E-state index >= 15 is 0 Å². The maximum atomic E-state index is 11.5. The summed E-state index contributed by atoms with van der Waals surface area (Å²) in [6, 6.07) is 0. The standard InChI is InChI=1S/C14H27N5O3/c1-14(2,3)22-13(21)17-10-7-8-12(20)16-9-5-4-6-11-18-19-15/h4-11H2,1-3H3,(H,16,20)(H,17,21). The zero-order valence-electron chi connectivity index (χ0n) is 13.7. The van der Waals surface area contributed by atoms with Crippen LogP contribution in [0, 0.1) is 0 Å². The van der Waals surface area contributed by atoms with Crippen molar-refractivity contribution in [3.05, 3.63) is 10.4 Å². The van der Waals surface area contributed by atoms with E-state index in [1.807, 2.05) is 0 Å². The van der Waals surface area contributed by atoms with E-state index in [0.717, 1.165) is 19.3 Å². The number of nitrogens with one attached hydrogen (secondary N) is 2. The summed E-state index contributed by atoms with van der Waals surface area (Å²) < 4.78 is 5.08. The van der Waals surface area contributed by atoms with Crippen LogP contribution in [-0.2, 0) is 9.53 Å². The first-order chi connectivity index (χ1) is 10.3. The fourth-order valence-electron chi connectivity index (χ4n) is 1.60. The van der Waals surface area contributed by atoms with Crippen LogP contribution in [0.25, 0.3) is 10.4 Å². The van der Waals surface area contributed by atoms with Gasteiger partial charge in [-0.3, -0.25) is 4.79 Å². The summed E-state index contributed by atoms with van der Waals surface area (Å²) in [4.78, 5) is 25.6. The van der Waals surface area contributed by atoms with E-state index in [4.69, 9.17) is 10.3 Å². The molecule has 8 nitrogen and oxygen atoms in total. The third kappa shape index (κ3) is 14.5. The van der Waals surface area contributed by atoms with E-state index in [9.17, 15) is 9.59 Å². The maximum Gasteiger partial charge on any atom is 0.407 e. The van der Waals surface area contributed by atoms with Crippen molar-refractivity contribution in [2.45, 2.75) is 58.5 Å². The van der Waals surface area contributed by atoms with E-state index in [-0.39, 0.29) is 5.91 Å². The van der Waals surface area contributed by atoms with Crippen LogP contribution in [0.3, 0.4) is 0 Å². The van der Waals surface area contributed by atoms with Crippen LogP contribution < -0.4 is 10.6 Å². The van der Waals surface area contributed by atoms with Gasteiger partial charge in [0, 0.05) is 31.0 Å². The second kappa shape index (κ2) is 11.7. The number of carbonyl (C=O) groups excluding carboxylic acids is 2. The minimum atomic E-state index is -0.514. The van der Waals surface area contributed by atoms with Gasteiger partial charge in [-0.15, -0.1) is 0 Å². The Hall–Kier alpha value is -1.95. The van der Waals surface area contributed by atoms with Crippen molar-refractivity contribution in [3.8, 4) is 0 Å². The van der Waals surface area contributed by atoms with Gasteiger partial charge < -0.3 is 15.4 Å². The molecule has 0 aliphatic heterocycles. The number of rotatable bonds is 10. The summed E-state index contributed by atoms with van der Waals surface area (Å²) in [5.74, 6) is -0.0268. The fourth-order valence-corrected chi connectivity index (χ4v) is 1.60. The van der Waals surface area contributed by atoms with Crippen molar-refractivity contribution in [2.24, 2.45) is 5.11 Å². The Kier molecular flexibility index (Phi) is 10.6. The molecular formula is C14H27N5O3. The molecule has 2 N–H and O–H groups in total. The Morgan fingerprint density at radius 1 is 1.09 bits per heavy atom. The number of carbonyl (C=O) groups is 2. The molecule has 0 rings (SSSR count). The molecule has 0 saturated heterocycles. The van der Waals surface area contributed by atoms with Gasteiger partial charge in [0.2, 0.25) is 5.91 Å². The molecule has 0 radical (unpaired) electrons. The van der Waals surface area contributed by atoms with Crippen LogP contribution >= 0.6 is 0 Å². The van der Waals surface area contributed by atoms with E-state index in [0.29, 0.717) is 32.5 Å². The second-order valence-corrected chi connectivity index (χ2v) is 5.90. The van der Waals surface area contributed by atoms with Crippen LogP contribution in [0.5, 0.6) is 0 Å². The number of unbranched alkanes of at least 4 members (excludes halogenated alkanes) is 2. The van der Waals surface area contributed by atoms with Crippen molar-refractivity contribution in [1.29, 1.82) is 0 Å². The molecule has 0 aliphatic rings. The molecule has 0 aromatic rings. The first-order valence-corrected chi connectivity index (χ1v) is 7.59. The van der Waals surface area contributed by atoms with Gasteiger partial charge >= 0.3 is 6.09 Å². The molecule has 2 amide bonds. The van der Waals surface area contributed by atoms with Gasteiger partial charge in [-0.25, -0.2) is 4.79 Å². The Labute approximate surface area is 131 Å². The summed E-state index contributed by atoms with van der Waals surface area (Å²) in [6.07, 6.45) is 3.09. The van der Waals surface area contributed by atoms with Gasteiger partial charge in [0.15, 0.2) is 0 Å². The lowest BCUT2D eigenvalue weighted by atomic mass is 10.2. The molecule has 0 fully saturated rings. The molecule has 22 heavy (non-hydrogen) atoms. The predicted octanol–water partition coefficient (Wildman–Crippen LogP) is 2.89. The Morgan fingerprint density at radius 3 is 2.41 bits per heavy atom. The van der Waals surface area contributed by atoms with Crippen LogP contribution in [0.15, 0.2) is 5.11 Å². The maximum absolute atomic E-state index is 11.5. The topological polar surface area (TPSA) is 116 Å². The minimum absolute atomic E-state index is 0.0268. The molecule has 8 heteroatoms. The normalized spacial score (nSPS) is 10.5. The van der Waals surface area contributed by atoms with Crippen molar-refractivity contribution < 1.29 is 14.3 Å². The highest BCUT2D eigenvalue weighted by atomic mass is 16.6. The van der Waals surface area contributed by atoms with Gasteiger partial charge in [-0.2, -0.15) is 0 Å². The van der Waals surface area contributed by atoms with E-state index in [1.165, 1.54) is 0 Å². The Balaban J connectivity index is 3.46. The Morgan fingerprint density at radius 2 is 1.77 bits per heavy atom. The van der Waals surface area contributed by atoms with Gasteiger partial charge in [-0.05, 0) is 45.6 Å². The van der Waals surface area contributed by atoms with Crippen molar-refractivity contribution >= 4 is 12.0 Å². The van der Waals surface area contributed by atoms with Crippen LogP contribution in [0.4, 0.5) is 4.79 Å². The van der Waals surface area contributed by atoms with Gasteiger partial charge in [0.05, 0.1) is 0 Å². The quantitative estimate of drug-likeness (QED) is 0.279. The molecule has 0 aromatic carbocycles. The van der Waals surface area contributed by atoms with Crippen molar-refractivity contribution in [2.75, 3.05) is 19.6 Å². The van der Waals surface area contributed by atoms with Crippen LogP contribution in [-0.4, -0.2) is 37.2 Å². The molecule has 0 bridgehead atoms. The first kappa shape index (κ1) is 20.1. The lowest BCUT2D eigenvalue weighted by Gasteiger charge is -2.19. The number of azide groups is 1. The van der Waals surface area contributed by atoms with Crippen LogP contribution in [0.2, 0.25) is 0 Å². The molecule has 0 aliphatic carbocycles. The number of hydrogen-bond acceptors (Lipinski definition) is 4. The van der Waals surface area contributed by atoms with Gasteiger partial charge in [0.25, 0.3) is 0 Å². The number of hydrogen-bond donors (Lipinski definition) is 2. The number of alkyl carbamates (subject to hydrolysis) is 1. The third-order valence-corrected chi connectivity index (χ3v) is 2.57. The molecule has 0 atom stereocenters. The molecule has 126 valence electrons. The summed E-state index contributed by atoms with van der Waals surface area (Å²) >= 11 is 0. The Bertz CT molecular complexity index is 386. The third-order valence-electron chi connectivity index (χ3n) is 2.57. The summed E-state index contributed by atoms with van der Waals surface area (Å²) in [5, 5.41) is 8.86. The second-order valence-electron chi connectivity index (χ2n) is 5.90. The highest BCUT2D eigenvalue weighted by Crippen LogP contribution is 2.06. The van der Waals surface area contributed by atoms with Crippen molar-refractivity contribution in [1.82, 2.24) is 10.6 Å². The first-order valence-electron chi connectivity index (χ1n) is 7.59. The van der Waals surface area contributed by atoms with Crippen LogP contribution in [0.1, 0.15) is 52.9 Å². The smallest absolute Gasteiger partial charge is 0.407 e. The van der Waals surface area contributed by atoms with Gasteiger partial charge in [-0.1, -0.05) is 11.5 Å². The molecule has 0 unspecified atom stereocenters.